The summed E-state index contributed by atoms with van der Waals surface area (Å²) in [6.45, 7) is 0.747. The predicted octanol–water partition coefficient (Wildman–Crippen LogP) is 1.77. The van der Waals surface area contributed by atoms with Crippen molar-refractivity contribution >= 4 is 27.9 Å². The molecule has 2 aromatic rings. The number of aromatic nitrogens is 2. The molecule has 2 aromatic heterocycles. The maximum absolute atomic E-state index is 5.92. The first-order valence-corrected chi connectivity index (χ1v) is 4.83. The molecule has 0 fully saturated rings. The molecule has 0 saturated heterocycles. The highest BCUT2D eigenvalue weighted by molar-refractivity contribution is 7.15. The van der Waals surface area contributed by atoms with Crippen LogP contribution in [0.25, 0.3) is 4.96 Å². The third-order valence-electron chi connectivity index (χ3n) is 1.66. The predicted molar refractivity (Wildman–Crippen MR) is 50.8 cm³/mol. The molecule has 1 N–H and O–H groups in total. The van der Waals surface area contributed by atoms with Crippen LogP contribution >= 0.6 is 22.9 Å². The summed E-state index contributed by atoms with van der Waals surface area (Å²) >= 11 is 7.51. The zero-order chi connectivity index (χ0) is 8.55. The molecule has 0 amide bonds. The maximum atomic E-state index is 5.92. The van der Waals surface area contributed by atoms with Crippen LogP contribution in [-0.4, -0.2) is 16.4 Å². The molecular formula is C7H8ClN3S. The molecule has 0 aromatic carbocycles. The smallest absolute Gasteiger partial charge is 0.195 e. The lowest BCUT2D eigenvalue weighted by molar-refractivity contribution is 0.784. The van der Waals surface area contributed by atoms with E-state index in [1.807, 2.05) is 23.0 Å². The number of halogens is 1. The fourth-order valence-electron chi connectivity index (χ4n) is 1.13. The standard InChI is InChI=1S/C7H8ClN3S/c1-9-4-5-6(8)10-7-11(5)2-3-12-7/h2-3,9H,4H2,1H3. The van der Waals surface area contributed by atoms with Crippen LogP contribution in [0, 0.1) is 0 Å². The van der Waals surface area contributed by atoms with E-state index in [4.69, 9.17) is 11.6 Å². The van der Waals surface area contributed by atoms with Crippen molar-refractivity contribution in [1.29, 1.82) is 0 Å². The second-order valence-electron chi connectivity index (χ2n) is 2.44. The Kier molecular flexibility index (Phi) is 2.04. The highest BCUT2D eigenvalue weighted by Gasteiger charge is 2.09. The normalized spacial score (nSPS) is 11.2. The summed E-state index contributed by atoms with van der Waals surface area (Å²) in [5.74, 6) is 0. The first-order valence-electron chi connectivity index (χ1n) is 3.57. The minimum atomic E-state index is 0.594. The zero-order valence-electron chi connectivity index (χ0n) is 6.54. The quantitative estimate of drug-likeness (QED) is 0.803. The first kappa shape index (κ1) is 8.04. The first-order chi connectivity index (χ1) is 5.83. The lowest BCUT2D eigenvalue weighted by Crippen LogP contribution is -2.07. The lowest BCUT2D eigenvalue weighted by atomic mass is 10.5. The molecule has 12 heavy (non-hydrogen) atoms. The molecule has 0 bridgehead atoms. The Bertz CT molecular complexity index is 392. The monoisotopic (exact) mass is 201 g/mol. The Morgan fingerprint density at radius 1 is 1.75 bits per heavy atom. The van der Waals surface area contributed by atoms with E-state index in [2.05, 4.69) is 10.3 Å². The van der Waals surface area contributed by atoms with Gasteiger partial charge in [0.15, 0.2) is 10.1 Å². The topological polar surface area (TPSA) is 29.3 Å². The molecular weight excluding hydrogens is 194 g/mol. The number of hydrogen-bond acceptors (Lipinski definition) is 3. The van der Waals surface area contributed by atoms with Gasteiger partial charge in [0.2, 0.25) is 0 Å². The van der Waals surface area contributed by atoms with Gasteiger partial charge < -0.3 is 5.32 Å². The number of imidazole rings is 1. The minimum Gasteiger partial charge on any atom is -0.314 e. The molecule has 5 heteroatoms. The van der Waals surface area contributed by atoms with Crippen LogP contribution in [0.15, 0.2) is 11.6 Å². The van der Waals surface area contributed by atoms with Crippen molar-refractivity contribution in [1.82, 2.24) is 14.7 Å². The second kappa shape index (κ2) is 3.05. The van der Waals surface area contributed by atoms with Gasteiger partial charge in [0.25, 0.3) is 0 Å². The Morgan fingerprint density at radius 2 is 2.58 bits per heavy atom. The summed E-state index contributed by atoms with van der Waals surface area (Å²) in [7, 11) is 1.89. The third-order valence-corrected chi connectivity index (χ3v) is 2.72. The van der Waals surface area contributed by atoms with Crippen molar-refractivity contribution in [2.24, 2.45) is 0 Å². The maximum Gasteiger partial charge on any atom is 0.195 e. The van der Waals surface area contributed by atoms with Crippen molar-refractivity contribution in [2.75, 3.05) is 7.05 Å². The number of hydrogen-bond donors (Lipinski definition) is 1. The molecule has 64 valence electrons. The number of thiazole rings is 1. The number of rotatable bonds is 2. The van der Waals surface area contributed by atoms with Crippen molar-refractivity contribution in [2.45, 2.75) is 6.54 Å². The van der Waals surface area contributed by atoms with E-state index >= 15 is 0 Å². The van der Waals surface area contributed by atoms with Crippen molar-refractivity contribution in [3.05, 3.63) is 22.4 Å². The number of fused-ring (bicyclic) bond motifs is 1. The van der Waals surface area contributed by atoms with Gasteiger partial charge in [-0.15, -0.1) is 11.3 Å². The summed E-state index contributed by atoms with van der Waals surface area (Å²) in [5, 5.41) is 5.64. The van der Waals surface area contributed by atoms with E-state index in [1.54, 1.807) is 11.3 Å². The number of nitrogens with one attached hydrogen (secondary N) is 1. The van der Waals surface area contributed by atoms with Crippen LogP contribution in [-0.2, 0) is 6.54 Å². The van der Waals surface area contributed by atoms with Crippen molar-refractivity contribution < 1.29 is 0 Å². The highest BCUT2D eigenvalue weighted by atomic mass is 35.5. The molecule has 0 aliphatic rings. The van der Waals surface area contributed by atoms with E-state index in [0.717, 1.165) is 17.2 Å². The van der Waals surface area contributed by atoms with E-state index in [9.17, 15) is 0 Å². The summed E-state index contributed by atoms with van der Waals surface area (Å²) in [6, 6.07) is 0. The highest BCUT2D eigenvalue weighted by Crippen LogP contribution is 2.20. The van der Waals surface area contributed by atoms with Gasteiger partial charge in [-0.3, -0.25) is 4.40 Å². The fraction of sp³-hybridized carbons (Fsp3) is 0.286. The second-order valence-corrected chi connectivity index (χ2v) is 3.67. The van der Waals surface area contributed by atoms with Crippen molar-refractivity contribution in [3.8, 4) is 0 Å². The van der Waals surface area contributed by atoms with Gasteiger partial charge >= 0.3 is 0 Å². The van der Waals surface area contributed by atoms with Gasteiger partial charge in [0.1, 0.15) is 0 Å². The molecule has 2 heterocycles. The van der Waals surface area contributed by atoms with Gasteiger partial charge in [-0.2, -0.15) is 0 Å². The van der Waals surface area contributed by atoms with E-state index in [1.165, 1.54) is 0 Å². The molecule has 0 spiro atoms. The molecule has 3 nitrogen and oxygen atoms in total. The summed E-state index contributed by atoms with van der Waals surface area (Å²) in [6.07, 6.45) is 1.98. The summed E-state index contributed by atoms with van der Waals surface area (Å²) in [5.41, 5.74) is 1.02. The molecule has 0 radical (unpaired) electrons. The van der Waals surface area contributed by atoms with E-state index in [-0.39, 0.29) is 0 Å². The SMILES string of the molecule is CNCc1c(Cl)nc2sccn12. The Balaban J connectivity index is 2.59. The van der Waals surface area contributed by atoms with Crippen LogP contribution < -0.4 is 5.32 Å². The fourth-order valence-corrected chi connectivity index (χ4v) is 2.15. The van der Waals surface area contributed by atoms with Gasteiger partial charge in [0.05, 0.1) is 5.69 Å². The van der Waals surface area contributed by atoms with Gasteiger partial charge in [-0.25, -0.2) is 4.98 Å². The summed E-state index contributed by atoms with van der Waals surface area (Å²) in [4.78, 5) is 5.15. The minimum absolute atomic E-state index is 0.594. The molecule has 0 unspecified atom stereocenters. The lowest BCUT2D eigenvalue weighted by Gasteiger charge is -1.96. The molecule has 0 aliphatic heterocycles. The zero-order valence-corrected chi connectivity index (χ0v) is 8.11. The third kappa shape index (κ3) is 1.12. The number of nitrogens with zero attached hydrogens (tertiary/aromatic N) is 2. The van der Waals surface area contributed by atoms with Crippen LogP contribution in [0.4, 0.5) is 0 Å². The van der Waals surface area contributed by atoms with Gasteiger partial charge in [0, 0.05) is 18.1 Å². The van der Waals surface area contributed by atoms with Crippen LogP contribution in [0.1, 0.15) is 5.69 Å². The van der Waals surface area contributed by atoms with Gasteiger partial charge in [-0.05, 0) is 7.05 Å². The van der Waals surface area contributed by atoms with Gasteiger partial charge in [-0.1, -0.05) is 11.6 Å². The summed E-state index contributed by atoms with van der Waals surface area (Å²) < 4.78 is 2.00. The van der Waals surface area contributed by atoms with Crippen LogP contribution in [0.3, 0.4) is 0 Å². The van der Waals surface area contributed by atoms with Crippen molar-refractivity contribution in [3.63, 3.8) is 0 Å². The van der Waals surface area contributed by atoms with E-state index < -0.39 is 0 Å². The van der Waals surface area contributed by atoms with E-state index in [0.29, 0.717) is 5.15 Å². The molecule has 0 atom stereocenters. The molecule has 0 aliphatic carbocycles. The Morgan fingerprint density at radius 3 is 3.33 bits per heavy atom. The molecule has 0 saturated carbocycles. The Hall–Kier alpha value is -0.580. The average Bonchev–Trinajstić information content (AvgIpc) is 2.56. The Labute approximate surface area is 79.0 Å². The molecule has 2 rings (SSSR count). The van der Waals surface area contributed by atoms with Crippen LogP contribution in [0.5, 0.6) is 0 Å². The largest absolute Gasteiger partial charge is 0.314 e. The van der Waals surface area contributed by atoms with Crippen LogP contribution in [0.2, 0.25) is 5.15 Å². The average molecular weight is 202 g/mol.